The molecule has 4 rings (SSSR count). The minimum absolute atomic E-state index is 0.111. The first-order valence-electron chi connectivity index (χ1n) is 10.6. The number of pyridine rings is 1. The van der Waals surface area contributed by atoms with Crippen LogP contribution in [-0.4, -0.2) is 23.3 Å². The molecule has 5 nitrogen and oxygen atoms in total. The second-order valence-corrected chi connectivity index (χ2v) is 9.28. The Kier molecular flexibility index (Phi) is 5.52. The van der Waals surface area contributed by atoms with Crippen molar-refractivity contribution in [3.8, 4) is 0 Å². The highest BCUT2D eigenvalue weighted by Gasteiger charge is 2.30. The summed E-state index contributed by atoms with van der Waals surface area (Å²) in [4.78, 5) is 30.5. The van der Waals surface area contributed by atoms with Crippen molar-refractivity contribution in [2.45, 2.75) is 40.5 Å². The maximum Gasteiger partial charge on any atom is 0.339 e. The zero-order valence-corrected chi connectivity index (χ0v) is 18.4. The van der Waals surface area contributed by atoms with E-state index in [1.165, 1.54) is 0 Å². The quantitative estimate of drug-likeness (QED) is 0.508. The largest absolute Gasteiger partial charge is 0.465 e. The van der Waals surface area contributed by atoms with E-state index in [1.807, 2.05) is 63.2 Å². The number of allylic oxidation sites excluding steroid dienone is 1. The molecule has 160 valence electrons. The second kappa shape index (κ2) is 8.14. The predicted molar refractivity (Wildman–Crippen MR) is 121 cm³/mol. The van der Waals surface area contributed by atoms with Crippen LogP contribution in [0.25, 0.3) is 22.6 Å². The van der Waals surface area contributed by atoms with E-state index in [4.69, 9.17) is 14.1 Å². The number of nitrogens with zero attached hydrogens (tertiary/aromatic N) is 1. The van der Waals surface area contributed by atoms with Crippen molar-refractivity contribution in [2.75, 3.05) is 6.61 Å². The molecule has 0 radical (unpaired) electrons. The lowest BCUT2D eigenvalue weighted by atomic mass is 9.81. The van der Waals surface area contributed by atoms with Gasteiger partial charge in [0.2, 0.25) is 0 Å². The molecule has 1 aliphatic carbocycles. The van der Waals surface area contributed by atoms with Gasteiger partial charge >= 0.3 is 5.97 Å². The number of hydrogen-bond acceptors (Lipinski definition) is 5. The van der Waals surface area contributed by atoms with Gasteiger partial charge in [0.15, 0.2) is 12.4 Å². The van der Waals surface area contributed by atoms with Gasteiger partial charge in [0.1, 0.15) is 5.76 Å². The third-order valence-corrected chi connectivity index (χ3v) is 5.65. The molecule has 0 saturated carbocycles. The van der Waals surface area contributed by atoms with Crippen LogP contribution >= 0.6 is 0 Å². The predicted octanol–water partition coefficient (Wildman–Crippen LogP) is 5.72. The first kappa shape index (κ1) is 21.0. The molecular weight excluding hydrogens is 390 g/mol. The Morgan fingerprint density at radius 2 is 1.94 bits per heavy atom. The number of Topliss-reactive ketones (excluding diaryl/α,β-unsaturated/α-hetero) is 1. The van der Waals surface area contributed by atoms with Crippen LogP contribution < -0.4 is 0 Å². The van der Waals surface area contributed by atoms with Gasteiger partial charge in [-0.3, -0.25) is 4.79 Å². The zero-order chi connectivity index (χ0) is 22.2. The molecule has 0 unspecified atom stereocenters. The fraction of sp³-hybridized carbons (Fsp3) is 0.346. The highest BCUT2D eigenvalue weighted by Crippen LogP contribution is 2.38. The molecule has 3 aromatic rings. The topological polar surface area (TPSA) is 69.4 Å². The Balaban J connectivity index is 1.82. The van der Waals surface area contributed by atoms with Crippen molar-refractivity contribution in [1.82, 2.24) is 4.98 Å². The molecule has 0 aliphatic heterocycles. The van der Waals surface area contributed by atoms with E-state index in [0.717, 1.165) is 46.3 Å². The van der Waals surface area contributed by atoms with Gasteiger partial charge in [-0.25, -0.2) is 9.78 Å². The normalized spacial score (nSPS) is 17.5. The van der Waals surface area contributed by atoms with E-state index in [1.54, 1.807) is 6.26 Å². The third-order valence-electron chi connectivity index (χ3n) is 5.65. The van der Waals surface area contributed by atoms with E-state index in [2.05, 4.69) is 6.92 Å². The molecule has 31 heavy (non-hydrogen) atoms. The number of rotatable bonds is 4. The van der Waals surface area contributed by atoms with Crippen molar-refractivity contribution in [3.63, 3.8) is 0 Å². The molecule has 0 spiro atoms. The van der Waals surface area contributed by atoms with Gasteiger partial charge in [-0.1, -0.05) is 45.9 Å². The number of benzene rings is 1. The minimum Gasteiger partial charge on any atom is -0.465 e. The van der Waals surface area contributed by atoms with Crippen molar-refractivity contribution in [1.29, 1.82) is 0 Å². The Labute approximate surface area is 182 Å². The van der Waals surface area contributed by atoms with Gasteiger partial charge in [-0.05, 0) is 54.2 Å². The molecule has 5 heteroatoms. The molecule has 0 N–H and O–H groups in total. The van der Waals surface area contributed by atoms with Crippen LogP contribution in [0.2, 0.25) is 0 Å². The van der Waals surface area contributed by atoms with Gasteiger partial charge in [0.05, 0.1) is 23.0 Å². The number of para-hydroxylation sites is 1. The summed E-state index contributed by atoms with van der Waals surface area (Å²) in [5.74, 6) is 0.503. The number of hydrogen-bond donors (Lipinski definition) is 0. The number of esters is 1. The Morgan fingerprint density at radius 1 is 1.16 bits per heavy atom. The Bertz CT molecular complexity index is 1170. The number of ether oxygens (including phenoxy) is 1. The van der Waals surface area contributed by atoms with Gasteiger partial charge < -0.3 is 9.15 Å². The average molecular weight is 418 g/mol. The first-order chi connectivity index (χ1) is 14.7. The molecular formula is C26H27NO4. The van der Waals surface area contributed by atoms with Crippen LogP contribution in [0.5, 0.6) is 0 Å². The monoisotopic (exact) mass is 417 g/mol. The summed E-state index contributed by atoms with van der Waals surface area (Å²) in [6.45, 7) is 7.38. The number of fused-ring (bicyclic) bond motifs is 2. The molecule has 2 aromatic heterocycles. The lowest BCUT2D eigenvalue weighted by Gasteiger charge is -2.26. The summed E-state index contributed by atoms with van der Waals surface area (Å²) in [5.41, 5.74) is 3.41. The van der Waals surface area contributed by atoms with Crippen LogP contribution in [0.3, 0.4) is 0 Å². The SMILES string of the molecule is C[C@@H]1C/C(=C/c2ccco2)c2nc3ccccc3c(C(=O)OCC(=O)C(C)(C)C)c2C1. The molecule has 1 aromatic carbocycles. The molecule has 0 bridgehead atoms. The average Bonchev–Trinajstić information content (AvgIpc) is 3.22. The molecule has 1 atom stereocenters. The van der Waals surface area contributed by atoms with Crippen molar-refractivity contribution < 1.29 is 18.7 Å². The van der Waals surface area contributed by atoms with Crippen molar-refractivity contribution in [2.24, 2.45) is 11.3 Å². The van der Waals surface area contributed by atoms with Crippen LogP contribution in [-0.2, 0) is 16.0 Å². The highest BCUT2D eigenvalue weighted by molar-refractivity contribution is 6.07. The maximum absolute atomic E-state index is 13.3. The number of aromatic nitrogens is 1. The van der Waals surface area contributed by atoms with Crippen LogP contribution in [0.15, 0.2) is 47.1 Å². The van der Waals surface area contributed by atoms with E-state index in [9.17, 15) is 9.59 Å². The number of carbonyl (C=O) groups excluding carboxylic acids is 2. The first-order valence-corrected chi connectivity index (χ1v) is 10.6. The van der Waals surface area contributed by atoms with Gasteiger partial charge in [-0.2, -0.15) is 0 Å². The van der Waals surface area contributed by atoms with Crippen molar-refractivity contribution >= 4 is 34.3 Å². The van der Waals surface area contributed by atoms with Gasteiger partial charge in [-0.15, -0.1) is 0 Å². The Hall–Kier alpha value is -3.21. The van der Waals surface area contributed by atoms with Gasteiger partial charge in [0.25, 0.3) is 0 Å². The van der Waals surface area contributed by atoms with E-state index >= 15 is 0 Å². The van der Waals surface area contributed by atoms with Crippen LogP contribution in [0.4, 0.5) is 0 Å². The van der Waals surface area contributed by atoms with Crippen LogP contribution in [0, 0.1) is 11.3 Å². The smallest absolute Gasteiger partial charge is 0.339 e. The standard InChI is InChI=1S/C26H27NO4/c1-16-12-17(14-18-8-7-11-30-18)24-20(13-16)23(19-9-5-6-10-21(19)27-24)25(29)31-15-22(28)26(2,3)4/h5-11,14,16H,12-13,15H2,1-4H3/b17-14-/t16-/m1/s1. The summed E-state index contributed by atoms with van der Waals surface area (Å²) in [7, 11) is 0. The Morgan fingerprint density at radius 3 is 2.65 bits per heavy atom. The van der Waals surface area contributed by atoms with Gasteiger partial charge in [0, 0.05) is 10.8 Å². The van der Waals surface area contributed by atoms with E-state index in [-0.39, 0.29) is 12.4 Å². The lowest BCUT2D eigenvalue weighted by Crippen LogP contribution is -2.27. The van der Waals surface area contributed by atoms with Crippen LogP contribution in [0.1, 0.15) is 61.5 Å². The van der Waals surface area contributed by atoms with E-state index in [0.29, 0.717) is 11.5 Å². The highest BCUT2D eigenvalue weighted by atomic mass is 16.5. The van der Waals surface area contributed by atoms with Crippen molar-refractivity contribution in [3.05, 3.63) is 65.2 Å². The van der Waals surface area contributed by atoms with E-state index < -0.39 is 11.4 Å². The fourth-order valence-corrected chi connectivity index (χ4v) is 3.93. The summed E-state index contributed by atoms with van der Waals surface area (Å²) >= 11 is 0. The molecule has 2 heterocycles. The summed E-state index contributed by atoms with van der Waals surface area (Å²) in [5, 5.41) is 0.751. The number of furan rings is 1. The third kappa shape index (κ3) is 4.31. The molecule has 0 fully saturated rings. The summed E-state index contributed by atoms with van der Waals surface area (Å²) < 4.78 is 11.0. The zero-order valence-electron chi connectivity index (χ0n) is 18.4. The lowest BCUT2D eigenvalue weighted by molar-refractivity contribution is -0.129. The number of carbonyl (C=O) groups is 2. The number of ketones is 1. The second-order valence-electron chi connectivity index (χ2n) is 9.28. The molecule has 0 amide bonds. The molecule has 0 saturated heterocycles. The fourth-order valence-electron chi connectivity index (χ4n) is 3.93. The minimum atomic E-state index is -0.562. The maximum atomic E-state index is 13.3. The summed E-state index contributed by atoms with van der Waals surface area (Å²) in [6, 6.07) is 11.3. The molecule has 1 aliphatic rings. The summed E-state index contributed by atoms with van der Waals surface area (Å²) in [6.07, 6.45) is 5.20.